The van der Waals surface area contributed by atoms with E-state index in [1.165, 1.54) is 38.5 Å². The Morgan fingerprint density at radius 3 is 2.80 bits per heavy atom. The lowest BCUT2D eigenvalue weighted by Crippen LogP contribution is -2.41. The van der Waals surface area contributed by atoms with E-state index >= 15 is 0 Å². The van der Waals surface area contributed by atoms with Gasteiger partial charge in [-0.25, -0.2) is 0 Å². The van der Waals surface area contributed by atoms with Crippen molar-refractivity contribution in [2.24, 2.45) is 0 Å². The number of ether oxygens (including phenoxy) is 1. The molecule has 1 unspecified atom stereocenters. The third kappa shape index (κ3) is 3.32. The zero-order chi connectivity index (χ0) is 10.5. The number of nitrogens with one attached hydrogen (secondary N) is 1. The van der Waals surface area contributed by atoms with Gasteiger partial charge in [0, 0.05) is 12.6 Å². The Morgan fingerprint density at radius 2 is 2.13 bits per heavy atom. The van der Waals surface area contributed by atoms with Crippen molar-refractivity contribution in [3.63, 3.8) is 0 Å². The lowest BCUT2D eigenvalue weighted by molar-refractivity contribution is 0.0769. The molecule has 1 heterocycles. The number of allylic oxidation sites excluding steroid dienone is 1. The van der Waals surface area contributed by atoms with Gasteiger partial charge in [0.15, 0.2) is 0 Å². The predicted molar refractivity (Wildman–Crippen MR) is 63.0 cm³/mol. The topological polar surface area (TPSA) is 21.3 Å². The maximum atomic E-state index is 5.49. The Labute approximate surface area is 93.1 Å². The van der Waals surface area contributed by atoms with Crippen LogP contribution in [0.25, 0.3) is 0 Å². The van der Waals surface area contributed by atoms with Crippen LogP contribution in [0.4, 0.5) is 0 Å². The molecule has 0 radical (unpaired) electrons. The van der Waals surface area contributed by atoms with E-state index in [1.807, 2.05) is 0 Å². The van der Waals surface area contributed by atoms with E-state index in [4.69, 9.17) is 4.74 Å². The van der Waals surface area contributed by atoms with Crippen LogP contribution in [0.2, 0.25) is 0 Å². The van der Waals surface area contributed by atoms with Crippen LogP contribution in [-0.4, -0.2) is 25.8 Å². The molecule has 0 aromatic rings. The van der Waals surface area contributed by atoms with Gasteiger partial charge in [-0.05, 0) is 39.0 Å². The molecule has 1 aliphatic carbocycles. The van der Waals surface area contributed by atoms with Crippen molar-refractivity contribution in [3.8, 4) is 0 Å². The highest BCUT2D eigenvalue weighted by molar-refractivity contribution is 5.15. The summed E-state index contributed by atoms with van der Waals surface area (Å²) in [6.45, 7) is 5.11. The van der Waals surface area contributed by atoms with Gasteiger partial charge >= 0.3 is 0 Å². The molecule has 1 atom stereocenters. The molecule has 0 aromatic carbocycles. The number of rotatable bonds is 2. The van der Waals surface area contributed by atoms with Gasteiger partial charge < -0.3 is 10.1 Å². The van der Waals surface area contributed by atoms with Crippen molar-refractivity contribution in [1.82, 2.24) is 5.32 Å². The van der Waals surface area contributed by atoms with E-state index in [0.29, 0.717) is 6.04 Å². The van der Waals surface area contributed by atoms with Crippen molar-refractivity contribution in [3.05, 3.63) is 11.1 Å². The van der Waals surface area contributed by atoms with Gasteiger partial charge in [0.2, 0.25) is 0 Å². The first-order chi connectivity index (χ1) is 7.36. The fraction of sp³-hybridized carbons (Fsp3) is 0.846. The molecule has 2 aliphatic rings. The number of hydrogen-bond acceptors (Lipinski definition) is 2. The predicted octanol–water partition coefficient (Wildman–Crippen LogP) is 2.65. The minimum Gasteiger partial charge on any atom is -0.379 e. The van der Waals surface area contributed by atoms with E-state index in [1.54, 1.807) is 11.1 Å². The summed E-state index contributed by atoms with van der Waals surface area (Å²) in [5.74, 6) is 0. The fourth-order valence-electron chi connectivity index (χ4n) is 2.67. The third-order valence-corrected chi connectivity index (χ3v) is 3.61. The Balaban J connectivity index is 1.85. The second kappa shape index (κ2) is 5.66. The zero-order valence-corrected chi connectivity index (χ0v) is 9.85. The second-order valence-electron chi connectivity index (χ2n) is 4.87. The van der Waals surface area contributed by atoms with Crippen LogP contribution >= 0.6 is 0 Å². The van der Waals surface area contributed by atoms with Crippen LogP contribution in [0.15, 0.2) is 11.1 Å². The maximum Gasteiger partial charge on any atom is 0.0623 e. The molecule has 2 nitrogen and oxygen atoms in total. The largest absolute Gasteiger partial charge is 0.379 e. The first kappa shape index (κ1) is 11.2. The quantitative estimate of drug-likeness (QED) is 0.706. The van der Waals surface area contributed by atoms with Gasteiger partial charge in [-0.2, -0.15) is 0 Å². The van der Waals surface area contributed by atoms with E-state index in [2.05, 4.69) is 12.2 Å². The first-order valence-electron chi connectivity index (χ1n) is 6.35. The number of hydrogen-bond donors (Lipinski definition) is 1. The molecule has 0 bridgehead atoms. The van der Waals surface area contributed by atoms with Crippen molar-refractivity contribution in [1.29, 1.82) is 0 Å². The van der Waals surface area contributed by atoms with E-state index in [0.717, 1.165) is 19.8 Å². The molecule has 1 aliphatic heterocycles. The lowest BCUT2D eigenvalue weighted by atomic mass is 9.89. The molecule has 15 heavy (non-hydrogen) atoms. The summed E-state index contributed by atoms with van der Waals surface area (Å²) in [5.41, 5.74) is 3.35. The highest BCUT2D eigenvalue weighted by Gasteiger charge is 2.15. The average molecular weight is 209 g/mol. The molecule has 86 valence electrons. The van der Waals surface area contributed by atoms with Crippen LogP contribution < -0.4 is 5.32 Å². The van der Waals surface area contributed by atoms with Crippen molar-refractivity contribution >= 4 is 0 Å². The van der Waals surface area contributed by atoms with Gasteiger partial charge in [0.1, 0.15) is 0 Å². The van der Waals surface area contributed by atoms with Crippen molar-refractivity contribution in [2.75, 3.05) is 19.8 Å². The Kier molecular flexibility index (Phi) is 4.21. The summed E-state index contributed by atoms with van der Waals surface area (Å²) in [6.07, 6.45) is 8.12. The summed E-state index contributed by atoms with van der Waals surface area (Å²) in [5, 5.41) is 3.53. The second-order valence-corrected chi connectivity index (χ2v) is 4.87. The van der Waals surface area contributed by atoms with Crippen LogP contribution in [0.5, 0.6) is 0 Å². The molecule has 1 saturated heterocycles. The molecular formula is C13H23NO. The normalized spacial score (nSPS) is 27.8. The molecule has 0 aromatic heterocycles. The van der Waals surface area contributed by atoms with E-state index in [-0.39, 0.29) is 0 Å². The summed E-state index contributed by atoms with van der Waals surface area (Å²) in [6, 6.07) is 0.563. The number of morpholine rings is 1. The SMILES string of the molecule is CC(CC1COCCN1)=C1CCCCC1. The monoisotopic (exact) mass is 209 g/mol. The lowest BCUT2D eigenvalue weighted by Gasteiger charge is -2.26. The fourth-order valence-corrected chi connectivity index (χ4v) is 2.67. The van der Waals surface area contributed by atoms with Gasteiger partial charge in [0.25, 0.3) is 0 Å². The molecule has 0 amide bonds. The molecule has 0 spiro atoms. The third-order valence-electron chi connectivity index (χ3n) is 3.61. The van der Waals surface area contributed by atoms with Gasteiger partial charge in [-0.3, -0.25) is 0 Å². The van der Waals surface area contributed by atoms with Gasteiger partial charge in [-0.1, -0.05) is 17.6 Å². The standard InChI is InChI=1S/C13H23NO/c1-11(12-5-3-2-4-6-12)9-13-10-15-8-7-14-13/h13-14H,2-10H2,1H3. The molecule has 1 N–H and O–H groups in total. The molecule has 2 heteroatoms. The minimum atomic E-state index is 0.563. The molecular weight excluding hydrogens is 186 g/mol. The first-order valence-corrected chi connectivity index (χ1v) is 6.35. The Hall–Kier alpha value is -0.340. The van der Waals surface area contributed by atoms with Crippen molar-refractivity contribution in [2.45, 2.75) is 51.5 Å². The Bertz CT molecular complexity index is 221. The highest BCUT2D eigenvalue weighted by Crippen LogP contribution is 2.27. The highest BCUT2D eigenvalue weighted by atomic mass is 16.5. The zero-order valence-electron chi connectivity index (χ0n) is 9.85. The summed E-state index contributed by atoms with van der Waals surface area (Å²) in [7, 11) is 0. The van der Waals surface area contributed by atoms with Crippen LogP contribution in [0.3, 0.4) is 0 Å². The minimum absolute atomic E-state index is 0.563. The molecule has 1 saturated carbocycles. The summed E-state index contributed by atoms with van der Waals surface area (Å²) >= 11 is 0. The van der Waals surface area contributed by atoms with Crippen LogP contribution in [0.1, 0.15) is 45.4 Å². The Morgan fingerprint density at radius 1 is 1.33 bits per heavy atom. The smallest absolute Gasteiger partial charge is 0.0623 e. The molecule has 2 fully saturated rings. The van der Waals surface area contributed by atoms with Crippen molar-refractivity contribution < 1.29 is 4.74 Å². The van der Waals surface area contributed by atoms with Gasteiger partial charge in [0.05, 0.1) is 13.2 Å². The summed E-state index contributed by atoms with van der Waals surface area (Å²) in [4.78, 5) is 0. The maximum absolute atomic E-state index is 5.49. The van der Waals surface area contributed by atoms with E-state index < -0.39 is 0 Å². The summed E-state index contributed by atoms with van der Waals surface area (Å²) < 4.78 is 5.49. The van der Waals surface area contributed by atoms with E-state index in [9.17, 15) is 0 Å². The molecule has 2 rings (SSSR count). The average Bonchev–Trinajstić information content (AvgIpc) is 2.31. The van der Waals surface area contributed by atoms with Gasteiger partial charge in [-0.15, -0.1) is 0 Å². The van der Waals surface area contributed by atoms with Crippen LogP contribution in [-0.2, 0) is 4.74 Å². The van der Waals surface area contributed by atoms with Crippen LogP contribution in [0, 0.1) is 0 Å².